The van der Waals surface area contributed by atoms with Gasteiger partial charge in [0.1, 0.15) is 5.75 Å². The lowest BCUT2D eigenvalue weighted by Gasteiger charge is -2.39. The normalized spacial score (nSPS) is 21.1. The first-order valence-corrected chi connectivity index (χ1v) is 6.69. The molecule has 1 aromatic carbocycles. The number of para-hydroxylation sites is 1. The fraction of sp³-hybridized carbons (Fsp3) is 0.600. The zero-order chi connectivity index (χ0) is 13.9. The molecule has 19 heavy (non-hydrogen) atoms. The molecule has 1 heterocycles. The van der Waals surface area contributed by atoms with E-state index in [9.17, 15) is 5.11 Å². The minimum absolute atomic E-state index is 0.140. The fourth-order valence-electron chi connectivity index (χ4n) is 2.55. The summed E-state index contributed by atoms with van der Waals surface area (Å²) in [6.45, 7) is 7.16. The van der Waals surface area contributed by atoms with Crippen LogP contribution in [0.1, 0.15) is 25.5 Å². The Morgan fingerprint density at radius 1 is 1.42 bits per heavy atom. The molecule has 4 heteroatoms. The van der Waals surface area contributed by atoms with Crippen molar-refractivity contribution in [3.8, 4) is 5.75 Å². The summed E-state index contributed by atoms with van der Waals surface area (Å²) in [5.41, 5.74) is 0.702. The van der Waals surface area contributed by atoms with Gasteiger partial charge in [-0.1, -0.05) is 18.2 Å². The molecule has 1 aliphatic heterocycles. The van der Waals surface area contributed by atoms with Crippen molar-refractivity contribution in [3.63, 3.8) is 0 Å². The van der Waals surface area contributed by atoms with E-state index in [2.05, 4.69) is 18.7 Å². The summed E-state index contributed by atoms with van der Waals surface area (Å²) in [6.07, 6.45) is -0.537. The van der Waals surface area contributed by atoms with Crippen molar-refractivity contribution in [1.29, 1.82) is 0 Å². The Hall–Kier alpha value is -1.10. The molecule has 4 nitrogen and oxygen atoms in total. The lowest BCUT2D eigenvalue weighted by atomic mass is 10.0. The van der Waals surface area contributed by atoms with Gasteiger partial charge in [-0.25, -0.2) is 0 Å². The van der Waals surface area contributed by atoms with Crippen LogP contribution in [-0.2, 0) is 4.74 Å². The quantitative estimate of drug-likeness (QED) is 0.902. The molecule has 0 radical (unpaired) electrons. The number of ether oxygens (including phenoxy) is 2. The van der Waals surface area contributed by atoms with Crippen molar-refractivity contribution in [1.82, 2.24) is 4.90 Å². The number of aliphatic hydroxyl groups is 1. The van der Waals surface area contributed by atoms with E-state index in [1.807, 2.05) is 24.3 Å². The van der Waals surface area contributed by atoms with Crippen LogP contribution in [0.25, 0.3) is 0 Å². The highest BCUT2D eigenvalue weighted by molar-refractivity contribution is 5.35. The number of morpholine rings is 1. The maximum atomic E-state index is 10.4. The molecule has 0 spiro atoms. The zero-order valence-corrected chi connectivity index (χ0v) is 11.9. The summed E-state index contributed by atoms with van der Waals surface area (Å²) in [6, 6.07) is 7.62. The predicted molar refractivity (Wildman–Crippen MR) is 74.4 cm³/mol. The van der Waals surface area contributed by atoms with Crippen molar-refractivity contribution in [2.24, 2.45) is 0 Å². The Morgan fingerprint density at radius 3 is 2.84 bits per heavy atom. The van der Waals surface area contributed by atoms with Gasteiger partial charge in [0.2, 0.25) is 0 Å². The van der Waals surface area contributed by atoms with Crippen molar-refractivity contribution >= 4 is 0 Å². The van der Waals surface area contributed by atoms with E-state index in [0.717, 1.165) is 24.4 Å². The molecule has 106 valence electrons. The molecule has 0 saturated carbocycles. The summed E-state index contributed by atoms with van der Waals surface area (Å²) in [4.78, 5) is 2.24. The molecule has 1 unspecified atom stereocenters. The van der Waals surface area contributed by atoms with E-state index < -0.39 is 6.10 Å². The van der Waals surface area contributed by atoms with Gasteiger partial charge < -0.3 is 14.6 Å². The summed E-state index contributed by atoms with van der Waals surface area (Å²) in [7, 11) is 1.63. The van der Waals surface area contributed by atoms with Crippen LogP contribution in [0, 0.1) is 0 Å². The van der Waals surface area contributed by atoms with E-state index in [0.29, 0.717) is 13.2 Å². The molecule has 0 aliphatic carbocycles. The van der Waals surface area contributed by atoms with Crippen LogP contribution in [-0.4, -0.2) is 49.0 Å². The van der Waals surface area contributed by atoms with E-state index >= 15 is 0 Å². The number of β-amino-alcohol motifs (C(OH)–C–C–N with tert-alkyl or cyclic N) is 1. The first-order chi connectivity index (χ1) is 9.02. The molecular formula is C15H23NO3. The highest BCUT2D eigenvalue weighted by Gasteiger charge is 2.28. The van der Waals surface area contributed by atoms with Crippen LogP contribution < -0.4 is 4.74 Å². The second kappa shape index (κ2) is 5.90. The van der Waals surface area contributed by atoms with Crippen molar-refractivity contribution in [2.45, 2.75) is 25.6 Å². The molecule has 1 saturated heterocycles. The number of nitrogens with zero attached hydrogens (tertiary/aromatic N) is 1. The van der Waals surface area contributed by atoms with Crippen molar-refractivity contribution in [2.75, 3.05) is 33.4 Å². The minimum Gasteiger partial charge on any atom is -0.496 e. The minimum atomic E-state index is -0.537. The lowest BCUT2D eigenvalue weighted by Crippen LogP contribution is -2.49. The van der Waals surface area contributed by atoms with Crippen LogP contribution in [0.5, 0.6) is 5.75 Å². The van der Waals surface area contributed by atoms with Gasteiger partial charge in [0.15, 0.2) is 0 Å². The third kappa shape index (κ3) is 3.69. The Bertz CT molecular complexity index is 420. The molecule has 1 aliphatic rings. The summed E-state index contributed by atoms with van der Waals surface area (Å²) in [5.74, 6) is 0.738. The highest BCUT2D eigenvalue weighted by Crippen LogP contribution is 2.26. The second-order valence-corrected chi connectivity index (χ2v) is 5.60. The predicted octanol–water partition coefficient (Wildman–Crippen LogP) is 1.84. The van der Waals surface area contributed by atoms with Crippen molar-refractivity contribution in [3.05, 3.63) is 29.8 Å². The van der Waals surface area contributed by atoms with Crippen LogP contribution in [0.15, 0.2) is 24.3 Å². The van der Waals surface area contributed by atoms with Crippen molar-refractivity contribution < 1.29 is 14.6 Å². The van der Waals surface area contributed by atoms with Gasteiger partial charge in [-0.15, -0.1) is 0 Å². The molecule has 0 bridgehead atoms. The smallest absolute Gasteiger partial charge is 0.124 e. The highest BCUT2D eigenvalue weighted by atomic mass is 16.5. The number of benzene rings is 1. The molecule has 1 aromatic rings. The molecule has 1 atom stereocenters. The molecule has 1 fully saturated rings. The fourth-order valence-corrected chi connectivity index (χ4v) is 2.55. The van der Waals surface area contributed by atoms with Gasteiger partial charge in [0.25, 0.3) is 0 Å². The van der Waals surface area contributed by atoms with Crippen LogP contribution in [0.2, 0.25) is 0 Å². The summed E-state index contributed by atoms with van der Waals surface area (Å²) in [5, 5.41) is 10.4. The van der Waals surface area contributed by atoms with E-state index in [4.69, 9.17) is 9.47 Å². The Labute approximate surface area is 114 Å². The summed E-state index contributed by atoms with van der Waals surface area (Å²) >= 11 is 0. The van der Waals surface area contributed by atoms with Gasteiger partial charge in [-0.2, -0.15) is 0 Å². The zero-order valence-electron chi connectivity index (χ0n) is 11.9. The van der Waals surface area contributed by atoms with Gasteiger partial charge in [0, 0.05) is 25.2 Å². The van der Waals surface area contributed by atoms with Crippen LogP contribution >= 0.6 is 0 Å². The topological polar surface area (TPSA) is 41.9 Å². The Kier molecular flexibility index (Phi) is 4.45. The maximum Gasteiger partial charge on any atom is 0.124 e. The van der Waals surface area contributed by atoms with Gasteiger partial charge in [0.05, 0.1) is 25.4 Å². The maximum absolute atomic E-state index is 10.4. The van der Waals surface area contributed by atoms with Crippen LogP contribution in [0.4, 0.5) is 0 Å². The van der Waals surface area contributed by atoms with E-state index in [1.165, 1.54) is 0 Å². The number of methoxy groups -OCH3 is 1. The van der Waals surface area contributed by atoms with Gasteiger partial charge in [-0.3, -0.25) is 4.90 Å². The van der Waals surface area contributed by atoms with Gasteiger partial charge >= 0.3 is 0 Å². The first kappa shape index (κ1) is 14.3. The second-order valence-electron chi connectivity index (χ2n) is 5.60. The molecule has 1 N–H and O–H groups in total. The number of hydrogen-bond acceptors (Lipinski definition) is 4. The number of aliphatic hydroxyl groups excluding tert-OH is 1. The number of rotatable bonds is 4. The number of hydrogen-bond donors (Lipinski definition) is 1. The average molecular weight is 265 g/mol. The molecule has 0 aromatic heterocycles. The molecular weight excluding hydrogens is 242 g/mol. The molecule has 2 rings (SSSR count). The van der Waals surface area contributed by atoms with Gasteiger partial charge in [-0.05, 0) is 19.9 Å². The third-order valence-corrected chi connectivity index (χ3v) is 3.43. The first-order valence-electron chi connectivity index (χ1n) is 6.69. The average Bonchev–Trinajstić information content (AvgIpc) is 2.37. The standard InChI is InChI=1S/C15H23NO3/c1-15(2)11-16(8-9-19-15)10-13(17)12-6-4-5-7-14(12)18-3/h4-7,13,17H,8-11H2,1-3H3. The molecule has 0 amide bonds. The van der Waals surface area contributed by atoms with Crippen LogP contribution in [0.3, 0.4) is 0 Å². The largest absolute Gasteiger partial charge is 0.496 e. The Morgan fingerprint density at radius 2 is 2.16 bits per heavy atom. The van der Waals surface area contributed by atoms with E-state index in [1.54, 1.807) is 7.11 Å². The SMILES string of the molecule is COc1ccccc1C(O)CN1CCOC(C)(C)C1. The Balaban J connectivity index is 2.02. The summed E-state index contributed by atoms with van der Waals surface area (Å²) < 4.78 is 11.0. The van der Waals surface area contributed by atoms with E-state index in [-0.39, 0.29) is 5.60 Å². The third-order valence-electron chi connectivity index (χ3n) is 3.43. The monoisotopic (exact) mass is 265 g/mol. The lowest BCUT2D eigenvalue weighted by molar-refractivity contribution is -0.0933.